The maximum atomic E-state index is 12.7. The van der Waals surface area contributed by atoms with Crippen LogP contribution in [0.5, 0.6) is 11.5 Å². The summed E-state index contributed by atoms with van der Waals surface area (Å²) in [5, 5.41) is 0. The first kappa shape index (κ1) is 32.7. The number of ether oxygens (including phenoxy) is 4. The van der Waals surface area contributed by atoms with E-state index in [2.05, 4.69) is 19.7 Å². The molecule has 0 N–H and O–H groups in total. The topological polar surface area (TPSA) is 88.1 Å². The van der Waals surface area contributed by atoms with Crippen molar-refractivity contribution in [1.82, 2.24) is 0 Å². The second kappa shape index (κ2) is 16.6. The molecular formula is C38H38O7. The largest absolute Gasteiger partial charge is 0.490 e. The summed E-state index contributed by atoms with van der Waals surface area (Å²) in [6.45, 7) is 11.2. The van der Waals surface area contributed by atoms with E-state index in [1.165, 1.54) is 12.5 Å². The average molecular weight is 607 g/mol. The van der Waals surface area contributed by atoms with Gasteiger partial charge in [-0.2, -0.15) is 0 Å². The maximum Gasteiger partial charge on any atom is 0.334 e. The lowest BCUT2D eigenvalue weighted by Gasteiger charge is -2.21. The molecule has 1 aliphatic carbocycles. The molecule has 1 saturated carbocycles. The van der Waals surface area contributed by atoms with Crippen LogP contribution >= 0.6 is 0 Å². The lowest BCUT2D eigenvalue weighted by atomic mass is 9.98. The maximum absolute atomic E-state index is 12.7. The molecule has 7 nitrogen and oxygen atoms in total. The van der Waals surface area contributed by atoms with Gasteiger partial charge in [0.1, 0.15) is 36.6 Å². The Hall–Kier alpha value is -5.17. The van der Waals surface area contributed by atoms with Gasteiger partial charge in [-0.05, 0) is 78.8 Å². The van der Waals surface area contributed by atoms with Crippen molar-refractivity contribution >= 4 is 23.8 Å². The highest BCUT2D eigenvalue weighted by Gasteiger charge is 2.20. The summed E-state index contributed by atoms with van der Waals surface area (Å²) in [6, 6.07) is 22.2. The van der Waals surface area contributed by atoms with Gasteiger partial charge in [-0.3, -0.25) is 9.59 Å². The van der Waals surface area contributed by atoms with E-state index in [1.807, 2.05) is 48.5 Å². The van der Waals surface area contributed by atoms with Gasteiger partial charge in [0.15, 0.2) is 5.78 Å². The monoisotopic (exact) mass is 606 g/mol. The lowest BCUT2D eigenvalue weighted by molar-refractivity contribution is -0.151. The number of hydrogen-bond acceptors (Lipinski definition) is 7. The van der Waals surface area contributed by atoms with Gasteiger partial charge < -0.3 is 18.9 Å². The van der Waals surface area contributed by atoms with E-state index >= 15 is 0 Å². The van der Waals surface area contributed by atoms with Crippen LogP contribution in [-0.2, 0) is 19.1 Å². The van der Waals surface area contributed by atoms with Crippen LogP contribution in [0.2, 0.25) is 0 Å². The molecule has 1 fully saturated rings. The molecular weight excluding hydrogens is 568 g/mol. The molecule has 4 rings (SSSR count). The van der Waals surface area contributed by atoms with Gasteiger partial charge in [-0.25, -0.2) is 4.79 Å². The minimum Gasteiger partial charge on any atom is -0.490 e. The van der Waals surface area contributed by atoms with Crippen molar-refractivity contribution in [1.29, 1.82) is 0 Å². The number of hydrogen-bond donors (Lipinski definition) is 0. The number of rotatable bonds is 15. The fourth-order valence-corrected chi connectivity index (χ4v) is 4.73. The van der Waals surface area contributed by atoms with Crippen LogP contribution in [0.1, 0.15) is 54.4 Å². The van der Waals surface area contributed by atoms with Crippen LogP contribution in [0.4, 0.5) is 0 Å². The van der Waals surface area contributed by atoms with E-state index in [4.69, 9.17) is 18.9 Å². The van der Waals surface area contributed by atoms with E-state index in [0.29, 0.717) is 22.8 Å². The molecule has 7 heteroatoms. The van der Waals surface area contributed by atoms with E-state index in [-0.39, 0.29) is 37.1 Å². The van der Waals surface area contributed by atoms with Crippen molar-refractivity contribution in [2.75, 3.05) is 13.2 Å². The van der Waals surface area contributed by atoms with Crippen LogP contribution < -0.4 is 9.47 Å². The van der Waals surface area contributed by atoms with Crippen LogP contribution in [0, 0.1) is 0 Å². The predicted octanol–water partition coefficient (Wildman–Crippen LogP) is 8.07. The molecule has 45 heavy (non-hydrogen) atoms. The molecule has 0 unspecified atom stereocenters. The SMILES string of the molecule is C=CC(=C)Oc1ccc(/C=C/C(=O)c2ccc(-c3ccc(OCCOC(=O)C(=C)CC(=O)OC4CCCCC4)cc3)cc2)cc1. The van der Waals surface area contributed by atoms with Crippen molar-refractivity contribution in [3.05, 3.63) is 127 Å². The Labute approximate surface area is 264 Å². The van der Waals surface area contributed by atoms with E-state index in [0.717, 1.165) is 42.4 Å². The molecule has 3 aromatic carbocycles. The minimum absolute atomic E-state index is 0.0207. The molecule has 232 valence electrons. The molecule has 0 radical (unpaired) electrons. The van der Waals surface area contributed by atoms with Gasteiger partial charge in [0.05, 0.1) is 6.42 Å². The Balaban J connectivity index is 1.18. The van der Waals surface area contributed by atoms with Crippen LogP contribution in [0.3, 0.4) is 0 Å². The Morgan fingerprint density at radius 1 is 0.778 bits per heavy atom. The highest BCUT2D eigenvalue weighted by atomic mass is 16.6. The molecule has 3 aromatic rings. The molecule has 0 heterocycles. The van der Waals surface area contributed by atoms with Gasteiger partial charge in [0.2, 0.25) is 0 Å². The zero-order chi connectivity index (χ0) is 32.0. The molecule has 1 aliphatic rings. The Morgan fingerprint density at radius 2 is 1.40 bits per heavy atom. The third-order valence-corrected chi connectivity index (χ3v) is 7.22. The Kier molecular flexibility index (Phi) is 12.1. The van der Waals surface area contributed by atoms with Gasteiger partial charge in [-0.1, -0.05) is 80.8 Å². The number of esters is 2. The summed E-state index contributed by atoms with van der Waals surface area (Å²) in [4.78, 5) is 37.0. The van der Waals surface area contributed by atoms with Gasteiger partial charge in [0.25, 0.3) is 0 Å². The second-order valence-electron chi connectivity index (χ2n) is 10.7. The first-order valence-corrected chi connectivity index (χ1v) is 15.0. The zero-order valence-electron chi connectivity index (χ0n) is 25.4. The van der Waals surface area contributed by atoms with Crippen molar-refractivity contribution < 1.29 is 33.3 Å². The summed E-state index contributed by atoms with van der Waals surface area (Å²) in [7, 11) is 0. The number of carbonyl (C=O) groups excluding carboxylic acids is 3. The zero-order valence-corrected chi connectivity index (χ0v) is 25.4. The first-order chi connectivity index (χ1) is 21.8. The normalized spacial score (nSPS) is 13.1. The average Bonchev–Trinajstić information content (AvgIpc) is 3.06. The van der Waals surface area contributed by atoms with Crippen molar-refractivity contribution in [3.8, 4) is 22.6 Å². The molecule has 0 saturated heterocycles. The standard InChI is InChI=1S/C38H38O7/c1-4-28(3)44-35-19-10-29(11-20-35)12-23-36(39)32-15-13-30(14-16-32)31-17-21-33(22-18-31)42-24-25-43-38(41)27(2)26-37(40)45-34-8-6-5-7-9-34/h4,10-23,34H,1-3,5-9,24-26H2/b23-12+. The lowest BCUT2D eigenvalue weighted by Crippen LogP contribution is -2.22. The summed E-state index contributed by atoms with van der Waals surface area (Å²) in [5.74, 6) is 0.542. The first-order valence-electron chi connectivity index (χ1n) is 15.0. The molecule has 0 amide bonds. The number of carbonyl (C=O) groups is 3. The minimum atomic E-state index is -0.637. The van der Waals surface area contributed by atoms with E-state index < -0.39 is 11.9 Å². The molecule has 0 spiro atoms. The molecule has 0 aliphatic heterocycles. The summed E-state index contributed by atoms with van der Waals surface area (Å²) in [5.41, 5.74) is 3.43. The fraction of sp³-hybridized carbons (Fsp3) is 0.237. The van der Waals surface area contributed by atoms with Crippen LogP contribution in [0.15, 0.2) is 116 Å². The number of allylic oxidation sites excluding steroid dienone is 2. The van der Waals surface area contributed by atoms with Crippen molar-refractivity contribution in [2.24, 2.45) is 0 Å². The Morgan fingerprint density at radius 3 is 2.04 bits per heavy atom. The third kappa shape index (κ3) is 10.5. The van der Waals surface area contributed by atoms with Crippen molar-refractivity contribution in [3.63, 3.8) is 0 Å². The molecule has 0 bridgehead atoms. The molecule has 0 aromatic heterocycles. The predicted molar refractivity (Wildman–Crippen MR) is 175 cm³/mol. The number of benzene rings is 3. The fourth-order valence-electron chi connectivity index (χ4n) is 4.73. The summed E-state index contributed by atoms with van der Waals surface area (Å²) in [6.07, 6.45) is 9.61. The quantitative estimate of drug-likeness (QED) is 0.0432. The third-order valence-electron chi connectivity index (χ3n) is 7.22. The Bertz CT molecular complexity index is 1520. The van der Waals surface area contributed by atoms with Crippen molar-refractivity contribution in [2.45, 2.75) is 44.6 Å². The molecule has 0 atom stereocenters. The second-order valence-corrected chi connectivity index (χ2v) is 10.7. The number of ketones is 1. The summed E-state index contributed by atoms with van der Waals surface area (Å²) >= 11 is 0. The highest BCUT2D eigenvalue weighted by molar-refractivity contribution is 6.07. The van der Waals surface area contributed by atoms with E-state index in [1.54, 1.807) is 36.4 Å². The summed E-state index contributed by atoms with van der Waals surface area (Å²) < 4.78 is 21.8. The smallest absolute Gasteiger partial charge is 0.334 e. The van der Waals surface area contributed by atoms with Gasteiger partial charge in [0, 0.05) is 11.1 Å². The van der Waals surface area contributed by atoms with Gasteiger partial charge >= 0.3 is 11.9 Å². The van der Waals surface area contributed by atoms with Crippen LogP contribution in [0.25, 0.3) is 17.2 Å². The van der Waals surface area contributed by atoms with E-state index in [9.17, 15) is 14.4 Å². The van der Waals surface area contributed by atoms with Crippen LogP contribution in [-0.4, -0.2) is 37.0 Å². The highest BCUT2D eigenvalue weighted by Crippen LogP contribution is 2.24. The van der Waals surface area contributed by atoms with Gasteiger partial charge in [-0.15, -0.1) is 0 Å².